The van der Waals surface area contributed by atoms with Gasteiger partial charge >= 0.3 is 17.4 Å². The maximum atomic E-state index is 11.4. The Bertz CT molecular complexity index is 1630. The number of benzene rings is 3. The van der Waals surface area contributed by atoms with Crippen LogP contribution < -0.4 is 15.3 Å². The summed E-state index contributed by atoms with van der Waals surface area (Å²) in [6, 6.07) is 14.7. The number of aromatic nitrogens is 3. The van der Waals surface area contributed by atoms with E-state index in [0.717, 1.165) is 0 Å². The standard InChI is InChI=1S/3C9H5Cl2NO.Al/c3*10-6-4-7(11)9(13)8-5(6)2-1-3-12-8;/h3*1-4,13H;/q;;;+3/p-3. The Labute approximate surface area is 268 Å². The summed E-state index contributed by atoms with van der Waals surface area (Å²) >= 11 is 34.6. The molecule has 3 heterocycles. The Hall–Kier alpha value is -2.44. The second kappa shape index (κ2) is 14.0. The first-order chi connectivity index (χ1) is 18.6. The predicted octanol–water partition coefficient (Wildman–Crippen LogP) is 7.46. The van der Waals surface area contributed by atoms with Gasteiger partial charge in [-0.05, 0) is 54.6 Å². The van der Waals surface area contributed by atoms with E-state index in [4.69, 9.17) is 69.6 Å². The minimum absolute atomic E-state index is 0. The molecule has 0 radical (unpaired) electrons. The molecule has 0 amide bonds. The topological polar surface area (TPSA) is 108 Å². The SMILES string of the molecule is [Al+3].[O-]c1c(Cl)cc(Cl)c2cccnc12.[O-]c1c(Cl)cc(Cl)c2cccnc12.[O-]c1c(Cl)cc(Cl)c2cccnc12. The number of hydrogen-bond acceptors (Lipinski definition) is 6. The van der Waals surface area contributed by atoms with Crippen LogP contribution in [0, 0.1) is 0 Å². The van der Waals surface area contributed by atoms with Crippen LogP contribution in [0.5, 0.6) is 17.2 Å². The molecule has 0 aliphatic rings. The predicted molar refractivity (Wildman–Crippen MR) is 159 cm³/mol. The zero-order valence-corrected chi connectivity index (χ0v) is 25.5. The van der Waals surface area contributed by atoms with Gasteiger partial charge in [-0.3, -0.25) is 15.0 Å². The molecule has 0 aliphatic carbocycles. The van der Waals surface area contributed by atoms with Gasteiger partial charge in [0.15, 0.2) is 0 Å². The van der Waals surface area contributed by atoms with E-state index in [-0.39, 0.29) is 49.7 Å². The minimum atomic E-state index is -0.276. The van der Waals surface area contributed by atoms with Crippen molar-refractivity contribution < 1.29 is 15.3 Å². The van der Waals surface area contributed by atoms with E-state index in [0.29, 0.717) is 47.8 Å². The van der Waals surface area contributed by atoms with E-state index >= 15 is 0 Å². The summed E-state index contributed by atoms with van der Waals surface area (Å²) in [6.45, 7) is 0. The van der Waals surface area contributed by atoms with E-state index in [9.17, 15) is 15.3 Å². The second-order valence-corrected chi connectivity index (χ2v) is 10.1. The molecule has 6 nitrogen and oxygen atoms in total. The first-order valence-corrected chi connectivity index (χ1v) is 13.1. The van der Waals surface area contributed by atoms with Crippen molar-refractivity contribution in [3.63, 3.8) is 0 Å². The minimum Gasteiger partial charge on any atom is -0.870 e. The Morgan fingerprint density at radius 2 is 0.675 bits per heavy atom. The number of pyridine rings is 3. The smallest absolute Gasteiger partial charge is 0.870 e. The van der Waals surface area contributed by atoms with Gasteiger partial charge in [-0.2, -0.15) is 0 Å². The molecule has 3 aromatic heterocycles. The third-order valence-corrected chi connectivity index (χ3v) is 7.03. The Morgan fingerprint density at radius 3 is 0.925 bits per heavy atom. The van der Waals surface area contributed by atoms with Gasteiger partial charge in [-0.15, -0.1) is 0 Å². The summed E-state index contributed by atoms with van der Waals surface area (Å²) in [6.07, 6.45) is 4.61. The Balaban J connectivity index is 0.000000163. The van der Waals surface area contributed by atoms with Crippen LogP contribution in [0.15, 0.2) is 73.2 Å². The van der Waals surface area contributed by atoms with Crippen molar-refractivity contribution in [2.24, 2.45) is 0 Å². The van der Waals surface area contributed by atoms with Crippen molar-refractivity contribution in [3.8, 4) is 17.2 Å². The molecule has 0 saturated carbocycles. The number of hydrogen-bond donors (Lipinski definition) is 0. The monoisotopic (exact) mass is 663 g/mol. The fourth-order valence-corrected chi connectivity index (χ4v) is 4.99. The van der Waals surface area contributed by atoms with Crippen molar-refractivity contribution in [2.75, 3.05) is 0 Å². The number of nitrogens with zero attached hydrogens (tertiary/aromatic N) is 3. The summed E-state index contributed by atoms with van der Waals surface area (Å²) in [5.41, 5.74) is 0.958. The quantitative estimate of drug-likeness (QED) is 0.156. The molecule has 0 unspecified atom stereocenters. The van der Waals surface area contributed by atoms with Gasteiger partial charge in [0.25, 0.3) is 0 Å². The van der Waals surface area contributed by atoms with E-state index in [1.165, 1.54) is 36.8 Å². The van der Waals surface area contributed by atoms with Gasteiger partial charge in [0.2, 0.25) is 0 Å². The van der Waals surface area contributed by atoms with Crippen LogP contribution in [0.4, 0.5) is 0 Å². The van der Waals surface area contributed by atoms with Crippen molar-refractivity contribution in [1.82, 2.24) is 15.0 Å². The first-order valence-electron chi connectivity index (χ1n) is 10.8. The van der Waals surface area contributed by atoms with Crippen LogP contribution in [-0.2, 0) is 0 Å². The molecule has 40 heavy (non-hydrogen) atoms. The summed E-state index contributed by atoms with van der Waals surface area (Å²) in [7, 11) is 0. The fourth-order valence-electron chi connectivity index (χ4n) is 3.44. The van der Waals surface area contributed by atoms with Gasteiger partial charge in [-0.25, -0.2) is 0 Å². The van der Waals surface area contributed by atoms with E-state index in [2.05, 4.69) is 15.0 Å². The average Bonchev–Trinajstić information content (AvgIpc) is 2.94. The van der Waals surface area contributed by atoms with Crippen LogP contribution >= 0.6 is 69.6 Å². The van der Waals surface area contributed by atoms with Crippen LogP contribution in [0.1, 0.15) is 0 Å². The van der Waals surface area contributed by atoms with Crippen LogP contribution in [0.25, 0.3) is 32.7 Å². The number of rotatable bonds is 0. The summed E-state index contributed by atoms with van der Waals surface area (Å²) in [5, 5.41) is 37.9. The summed E-state index contributed by atoms with van der Waals surface area (Å²) in [5.74, 6) is -0.829. The normalized spacial score (nSPS) is 10.3. The largest absolute Gasteiger partial charge is 3.00 e. The molecule has 0 aliphatic heterocycles. The van der Waals surface area contributed by atoms with Crippen molar-refractivity contribution in [1.29, 1.82) is 0 Å². The van der Waals surface area contributed by atoms with Crippen LogP contribution in [-0.4, -0.2) is 32.3 Å². The molecular weight excluding hydrogens is 654 g/mol. The summed E-state index contributed by atoms with van der Waals surface area (Å²) in [4.78, 5) is 11.8. The van der Waals surface area contributed by atoms with E-state index < -0.39 is 0 Å². The third kappa shape index (κ3) is 6.88. The second-order valence-electron chi connectivity index (χ2n) is 7.71. The van der Waals surface area contributed by atoms with Crippen LogP contribution in [0.2, 0.25) is 30.1 Å². The fraction of sp³-hybridized carbons (Fsp3) is 0. The summed E-state index contributed by atoms with van der Waals surface area (Å²) < 4.78 is 0. The molecule has 0 N–H and O–H groups in total. The maximum Gasteiger partial charge on any atom is 3.00 e. The van der Waals surface area contributed by atoms with E-state index in [1.54, 1.807) is 36.4 Å². The molecule has 13 heteroatoms. The van der Waals surface area contributed by atoms with Crippen molar-refractivity contribution >= 4 is 120 Å². The first kappa shape index (κ1) is 32.1. The maximum absolute atomic E-state index is 11.4. The molecule has 0 spiro atoms. The van der Waals surface area contributed by atoms with Gasteiger partial charge in [0.1, 0.15) is 0 Å². The molecule has 6 aromatic rings. The Morgan fingerprint density at radius 1 is 0.425 bits per heavy atom. The van der Waals surface area contributed by atoms with Gasteiger partial charge in [0, 0.05) is 49.8 Å². The number of halogens is 6. The molecule has 0 saturated heterocycles. The van der Waals surface area contributed by atoms with Gasteiger partial charge in [-0.1, -0.05) is 86.9 Å². The van der Waals surface area contributed by atoms with Gasteiger partial charge < -0.3 is 15.3 Å². The molecule has 0 atom stereocenters. The molecular formula is C27H12AlCl6N3O3. The zero-order chi connectivity index (χ0) is 28.3. The molecule has 198 valence electrons. The third-order valence-electron chi connectivity index (χ3n) is 5.25. The average molecular weight is 666 g/mol. The molecule has 0 fully saturated rings. The number of fused-ring (bicyclic) bond motifs is 3. The van der Waals surface area contributed by atoms with Crippen molar-refractivity contribution in [3.05, 3.63) is 103 Å². The molecule has 6 rings (SSSR count). The van der Waals surface area contributed by atoms with Gasteiger partial charge in [0.05, 0.1) is 31.6 Å². The Kier molecular flexibility index (Phi) is 11.2. The van der Waals surface area contributed by atoms with E-state index in [1.807, 2.05) is 0 Å². The molecule has 3 aromatic carbocycles. The zero-order valence-electron chi connectivity index (χ0n) is 19.8. The van der Waals surface area contributed by atoms with Crippen molar-refractivity contribution in [2.45, 2.75) is 0 Å². The van der Waals surface area contributed by atoms with Crippen LogP contribution in [0.3, 0.4) is 0 Å². The molecule has 0 bridgehead atoms.